The molecule has 2 nitrogen and oxygen atoms in total. The molecule has 0 aromatic carbocycles. The first-order valence-electron chi connectivity index (χ1n) is 3.52. The Morgan fingerprint density at radius 3 is 2.82 bits per heavy atom. The number of alkyl halides is 1. The minimum absolute atomic E-state index is 0.130. The van der Waals surface area contributed by atoms with Gasteiger partial charge in [0.15, 0.2) is 0 Å². The zero-order valence-electron chi connectivity index (χ0n) is 6.89. The first-order chi connectivity index (χ1) is 5.20. The summed E-state index contributed by atoms with van der Waals surface area (Å²) in [5, 5.41) is 3.78. The molecule has 0 radical (unpaired) electrons. The Morgan fingerprint density at radius 2 is 2.36 bits per heavy atom. The third-order valence-corrected chi connectivity index (χ3v) is 2.84. The second-order valence-electron chi connectivity index (χ2n) is 2.50. The van der Waals surface area contributed by atoms with Crippen molar-refractivity contribution >= 4 is 33.6 Å². The monoisotopic (exact) mass is 239 g/mol. The standard InChI is InChI=1S/C7H14BrNOS/c1-6(3-8)4-9-7(10)5-11-2/h6H,3-5H2,1-2H3,(H,9,10). The molecule has 0 saturated heterocycles. The van der Waals surface area contributed by atoms with Crippen LogP contribution in [-0.4, -0.2) is 29.8 Å². The molecule has 0 bridgehead atoms. The molecule has 0 rings (SSSR count). The second-order valence-corrected chi connectivity index (χ2v) is 4.01. The molecule has 66 valence electrons. The summed E-state index contributed by atoms with van der Waals surface area (Å²) in [6.45, 7) is 2.86. The second kappa shape index (κ2) is 6.98. The van der Waals surface area contributed by atoms with Gasteiger partial charge in [-0.2, -0.15) is 11.8 Å². The summed E-state index contributed by atoms with van der Waals surface area (Å²) in [6, 6.07) is 0. The molecule has 0 aromatic heterocycles. The van der Waals surface area contributed by atoms with Crippen molar-refractivity contribution in [2.75, 3.05) is 23.9 Å². The van der Waals surface area contributed by atoms with Crippen LogP contribution in [0.15, 0.2) is 0 Å². The van der Waals surface area contributed by atoms with Crippen molar-refractivity contribution < 1.29 is 4.79 Å². The van der Waals surface area contributed by atoms with Gasteiger partial charge in [-0.15, -0.1) is 0 Å². The van der Waals surface area contributed by atoms with E-state index in [1.54, 1.807) is 11.8 Å². The molecule has 0 aliphatic carbocycles. The van der Waals surface area contributed by atoms with E-state index in [-0.39, 0.29) is 5.91 Å². The van der Waals surface area contributed by atoms with Crippen molar-refractivity contribution in [2.24, 2.45) is 5.92 Å². The van der Waals surface area contributed by atoms with Gasteiger partial charge in [0.1, 0.15) is 0 Å². The number of carbonyl (C=O) groups is 1. The third-order valence-electron chi connectivity index (χ3n) is 1.19. The Bertz CT molecular complexity index is 121. The number of carbonyl (C=O) groups excluding carboxylic acids is 1. The van der Waals surface area contributed by atoms with Crippen LogP contribution in [0.3, 0.4) is 0 Å². The Balaban J connectivity index is 3.30. The zero-order valence-corrected chi connectivity index (χ0v) is 9.30. The fraction of sp³-hybridized carbons (Fsp3) is 0.857. The smallest absolute Gasteiger partial charge is 0.229 e. The fourth-order valence-electron chi connectivity index (χ4n) is 0.525. The number of hydrogen-bond donors (Lipinski definition) is 1. The van der Waals surface area contributed by atoms with E-state index in [2.05, 4.69) is 28.2 Å². The van der Waals surface area contributed by atoms with E-state index in [1.165, 1.54) is 0 Å². The normalized spacial score (nSPS) is 12.6. The summed E-state index contributed by atoms with van der Waals surface area (Å²) in [7, 11) is 0. The maximum absolute atomic E-state index is 10.9. The Labute approximate surface area is 80.6 Å². The largest absolute Gasteiger partial charge is 0.355 e. The van der Waals surface area contributed by atoms with Crippen LogP contribution in [0.25, 0.3) is 0 Å². The average molecular weight is 240 g/mol. The highest BCUT2D eigenvalue weighted by Crippen LogP contribution is 1.97. The summed E-state index contributed by atoms with van der Waals surface area (Å²) in [5.74, 6) is 1.21. The lowest BCUT2D eigenvalue weighted by atomic mass is 10.2. The van der Waals surface area contributed by atoms with Crippen LogP contribution in [0.1, 0.15) is 6.92 Å². The molecule has 1 atom stereocenters. The summed E-state index contributed by atoms with van der Waals surface area (Å²) in [6.07, 6.45) is 1.92. The van der Waals surface area contributed by atoms with Gasteiger partial charge in [-0.1, -0.05) is 22.9 Å². The SMILES string of the molecule is CSCC(=O)NCC(C)CBr. The van der Waals surface area contributed by atoms with Crippen molar-refractivity contribution in [1.29, 1.82) is 0 Å². The first-order valence-corrected chi connectivity index (χ1v) is 6.03. The molecule has 0 heterocycles. The number of hydrogen-bond acceptors (Lipinski definition) is 2. The van der Waals surface area contributed by atoms with E-state index >= 15 is 0 Å². The lowest BCUT2D eigenvalue weighted by Gasteiger charge is -2.08. The van der Waals surface area contributed by atoms with E-state index in [9.17, 15) is 4.79 Å². The minimum atomic E-state index is 0.130. The topological polar surface area (TPSA) is 29.1 Å². The van der Waals surface area contributed by atoms with Gasteiger partial charge in [-0.3, -0.25) is 4.79 Å². The minimum Gasteiger partial charge on any atom is -0.355 e. The van der Waals surface area contributed by atoms with Crippen LogP contribution in [0, 0.1) is 5.92 Å². The van der Waals surface area contributed by atoms with Crippen molar-refractivity contribution in [3.8, 4) is 0 Å². The third kappa shape index (κ3) is 6.69. The number of thioether (sulfide) groups is 1. The van der Waals surface area contributed by atoms with Crippen LogP contribution in [0.4, 0.5) is 0 Å². The van der Waals surface area contributed by atoms with Crippen LogP contribution in [-0.2, 0) is 4.79 Å². The zero-order chi connectivity index (χ0) is 8.69. The van der Waals surface area contributed by atoms with Gasteiger partial charge in [0.05, 0.1) is 5.75 Å². The molecule has 0 aromatic rings. The molecule has 1 N–H and O–H groups in total. The van der Waals surface area contributed by atoms with Gasteiger partial charge >= 0.3 is 0 Å². The molecule has 4 heteroatoms. The summed E-state index contributed by atoms with van der Waals surface area (Å²) in [5.41, 5.74) is 0. The molecule has 1 amide bonds. The molecule has 0 saturated carbocycles. The van der Waals surface area contributed by atoms with Gasteiger partial charge < -0.3 is 5.32 Å². The predicted octanol–water partition coefficient (Wildman–Crippen LogP) is 1.50. The van der Waals surface area contributed by atoms with Gasteiger partial charge in [0.25, 0.3) is 0 Å². The average Bonchev–Trinajstić information content (AvgIpc) is 2.01. The summed E-state index contributed by atoms with van der Waals surface area (Å²) >= 11 is 4.89. The Hall–Kier alpha value is 0.300. The predicted molar refractivity (Wildman–Crippen MR) is 54.3 cm³/mol. The molecule has 0 spiro atoms. The van der Waals surface area contributed by atoms with Crippen molar-refractivity contribution in [3.63, 3.8) is 0 Å². The number of nitrogens with one attached hydrogen (secondary N) is 1. The van der Waals surface area contributed by atoms with Crippen LogP contribution >= 0.6 is 27.7 Å². The molecule has 0 aliphatic heterocycles. The lowest BCUT2D eigenvalue weighted by molar-refractivity contribution is -0.118. The number of amides is 1. The molecule has 1 unspecified atom stereocenters. The molecule has 11 heavy (non-hydrogen) atoms. The highest BCUT2D eigenvalue weighted by atomic mass is 79.9. The number of rotatable bonds is 5. The van der Waals surface area contributed by atoms with E-state index in [0.29, 0.717) is 11.7 Å². The summed E-state index contributed by atoms with van der Waals surface area (Å²) < 4.78 is 0. The van der Waals surface area contributed by atoms with Crippen molar-refractivity contribution in [1.82, 2.24) is 5.32 Å². The van der Waals surface area contributed by atoms with Crippen LogP contribution in [0.5, 0.6) is 0 Å². The quantitative estimate of drug-likeness (QED) is 0.738. The lowest BCUT2D eigenvalue weighted by Crippen LogP contribution is -2.30. The van der Waals surface area contributed by atoms with Crippen molar-refractivity contribution in [2.45, 2.75) is 6.92 Å². The fourth-order valence-corrected chi connectivity index (χ4v) is 1.12. The van der Waals surface area contributed by atoms with E-state index in [1.807, 2.05) is 6.26 Å². The molecule has 0 aliphatic rings. The number of halogens is 1. The van der Waals surface area contributed by atoms with Gasteiger partial charge in [-0.25, -0.2) is 0 Å². The van der Waals surface area contributed by atoms with E-state index in [0.717, 1.165) is 11.9 Å². The molecular weight excluding hydrogens is 226 g/mol. The van der Waals surface area contributed by atoms with E-state index in [4.69, 9.17) is 0 Å². The maximum atomic E-state index is 10.9. The van der Waals surface area contributed by atoms with Gasteiger partial charge in [0, 0.05) is 11.9 Å². The van der Waals surface area contributed by atoms with Gasteiger partial charge in [0.2, 0.25) is 5.91 Å². The van der Waals surface area contributed by atoms with Crippen molar-refractivity contribution in [3.05, 3.63) is 0 Å². The Morgan fingerprint density at radius 1 is 1.73 bits per heavy atom. The van der Waals surface area contributed by atoms with Crippen LogP contribution < -0.4 is 5.32 Å². The Kier molecular flexibility index (Phi) is 7.17. The molecule has 0 fully saturated rings. The maximum Gasteiger partial charge on any atom is 0.229 e. The van der Waals surface area contributed by atoms with E-state index < -0.39 is 0 Å². The van der Waals surface area contributed by atoms with Crippen LogP contribution in [0.2, 0.25) is 0 Å². The highest BCUT2D eigenvalue weighted by molar-refractivity contribution is 9.09. The molecular formula is C7H14BrNOS. The summed E-state index contributed by atoms with van der Waals surface area (Å²) in [4.78, 5) is 10.9. The van der Waals surface area contributed by atoms with Gasteiger partial charge in [-0.05, 0) is 12.2 Å². The first kappa shape index (κ1) is 11.3. The highest BCUT2D eigenvalue weighted by Gasteiger charge is 2.02.